The average molecular weight is 458 g/mol. The van der Waals surface area contributed by atoms with Gasteiger partial charge in [0.15, 0.2) is 6.10 Å². The van der Waals surface area contributed by atoms with E-state index in [4.69, 9.17) is 16.7 Å². The van der Waals surface area contributed by atoms with Gasteiger partial charge in [0.05, 0.1) is 17.9 Å². The Morgan fingerprint density at radius 3 is 2.61 bits per heavy atom. The lowest BCUT2D eigenvalue weighted by molar-refractivity contribution is -0.201. The van der Waals surface area contributed by atoms with E-state index in [0.717, 1.165) is 16.8 Å². The molecule has 2 unspecified atom stereocenters. The highest BCUT2D eigenvalue weighted by atomic mass is 35.5. The Labute approximate surface area is 178 Å². The second-order valence-corrected chi connectivity index (χ2v) is 7.12. The molecule has 1 aromatic heterocycles. The summed E-state index contributed by atoms with van der Waals surface area (Å²) >= 11 is 5.87. The van der Waals surface area contributed by atoms with Crippen LogP contribution in [0.5, 0.6) is 0 Å². The summed E-state index contributed by atoms with van der Waals surface area (Å²) in [5.74, 6) is -1.14. The van der Waals surface area contributed by atoms with E-state index in [0.29, 0.717) is 10.6 Å². The minimum atomic E-state index is -4.94. The van der Waals surface area contributed by atoms with Crippen LogP contribution in [-0.4, -0.2) is 45.8 Å². The first kappa shape index (κ1) is 22.7. The maximum atomic E-state index is 13.8. The van der Waals surface area contributed by atoms with Gasteiger partial charge in [-0.1, -0.05) is 29.8 Å². The van der Waals surface area contributed by atoms with Gasteiger partial charge in [-0.3, -0.25) is 9.59 Å². The SMILES string of the molecule is O=C(NCC(O)C(F)(F)F)c1cc(-c2ccc(Cl)cc2)nn(C2=CC(F)CC=C2)c1=O. The first-order chi connectivity index (χ1) is 14.6. The quantitative estimate of drug-likeness (QED) is 0.674. The predicted octanol–water partition coefficient (Wildman–Crippen LogP) is 3.36. The molecule has 0 saturated heterocycles. The van der Waals surface area contributed by atoms with E-state index >= 15 is 0 Å². The third-order valence-electron chi connectivity index (χ3n) is 4.38. The number of alkyl halides is 4. The van der Waals surface area contributed by atoms with Crippen LogP contribution in [0, 0.1) is 0 Å². The van der Waals surface area contributed by atoms with Gasteiger partial charge in [0, 0.05) is 17.0 Å². The van der Waals surface area contributed by atoms with Gasteiger partial charge in [0.1, 0.15) is 11.7 Å². The van der Waals surface area contributed by atoms with Crippen LogP contribution >= 0.6 is 11.6 Å². The fraction of sp³-hybridized carbons (Fsp3) is 0.250. The maximum absolute atomic E-state index is 13.8. The van der Waals surface area contributed by atoms with Crippen LogP contribution in [0.4, 0.5) is 17.6 Å². The van der Waals surface area contributed by atoms with Crippen molar-refractivity contribution in [3.8, 4) is 11.3 Å². The van der Waals surface area contributed by atoms with Crippen LogP contribution in [0.15, 0.2) is 53.4 Å². The number of halogens is 5. The lowest BCUT2D eigenvalue weighted by atomic mass is 10.1. The zero-order valence-electron chi connectivity index (χ0n) is 15.7. The highest BCUT2D eigenvalue weighted by molar-refractivity contribution is 6.30. The summed E-state index contributed by atoms with van der Waals surface area (Å²) < 4.78 is 52.1. The summed E-state index contributed by atoms with van der Waals surface area (Å²) in [5, 5.41) is 15.6. The lowest BCUT2D eigenvalue weighted by Gasteiger charge is -2.16. The second-order valence-electron chi connectivity index (χ2n) is 6.68. The van der Waals surface area contributed by atoms with Gasteiger partial charge in [-0.05, 0) is 30.4 Å². The molecule has 11 heteroatoms. The van der Waals surface area contributed by atoms with Crippen molar-refractivity contribution in [2.75, 3.05) is 6.54 Å². The molecule has 6 nitrogen and oxygen atoms in total. The Kier molecular flexibility index (Phi) is 6.61. The van der Waals surface area contributed by atoms with Crippen LogP contribution < -0.4 is 10.9 Å². The van der Waals surface area contributed by atoms with E-state index in [1.54, 1.807) is 24.3 Å². The third kappa shape index (κ3) is 5.39. The molecule has 0 bridgehead atoms. The predicted molar refractivity (Wildman–Crippen MR) is 106 cm³/mol. The zero-order chi connectivity index (χ0) is 22.8. The number of hydrogen-bond acceptors (Lipinski definition) is 4. The third-order valence-corrected chi connectivity index (χ3v) is 4.63. The Bertz CT molecular complexity index is 1090. The molecular formula is C20H16ClF4N3O3. The zero-order valence-corrected chi connectivity index (χ0v) is 16.5. The fourth-order valence-electron chi connectivity index (χ4n) is 2.76. The highest BCUT2D eigenvalue weighted by Gasteiger charge is 2.38. The summed E-state index contributed by atoms with van der Waals surface area (Å²) in [6.07, 6.45) is -4.91. The number of benzene rings is 1. The molecule has 1 aliphatic carbocycles. The van der Waals surface area contributed by atoms with Gasteiger partial charge in [-0.25, -0.2) is 4.39 Å². The van der Waals surface area contributed by atoms with Crippen molar-refractivity contribution in [3.63, 3.8) is 0 Å². The van der Waals surface area contributed by atoms with Crippen molar-refractivity contribution in [2.24, 2.45) is 0 Å². The number of aliphatic hydroxyl groups is 1. The van der Waals surface area contributed by atoms with Gasteiger partial charge in [0.25, 0.3) is 11.5 Å². The number of aliphatic hydroxyl groups excluding tert-OH is 1. The maximum Gasteiger partial charge on any atom is 0.416 e. The molecular weight excluding hydrogens is 442 g/mol. The van der Waals surface area contributed by atoms with Crippen LogP contribution in [0.3, 0.4) is 0 Å². The van der Waals surface area contributed by atoms with E-state index in [-0.39, 0.29) is 17.8 Å². The number of amides is 1. The van der Waals surface area contributed by atoms with E-state index in [1.807, 2.05) is 5.32 Å². The normalized spacial score (nSPS) is 17.2. The molecule has 31 heavy (non-hydrogen) atoms. The number of allylic oxidation sites excluding steroid dienone is 4. The number of nitrogens with zero attached hydrogens (tertiary/aromatic N) is 2. The first-order valence-corrected chi connectivity index (χ1v) is 9.40. The van der Waals surface area contributed by atoms with Crippen molar-refractivity contribution < 1.29 is 27.5 Å². The molecule has 0 saturated carbocycles. The summed E-state index contributed by atoms with van der Waals surface area (Å²) in [6, 6.07) is 7.34. The van der Waals surface area contributed by atoms with Gasteiger partial charge in [-0.2, -0.15) is 23.0 Å². The van der Waals surface area contributed by atoms with Crippen molar-refractivity contribution in [1.29, 1.82) is 0 Å². The molecule has 2 atom stereocenters. The summed E-state index contributed by atoms with van der Waals surface area (Å²) in [7, 11) is 0. The van der Waals surface area contributed by atoms with Crippen molar-refractivity contribution >= 4 is 23.2 Å². The van der Waals surface area contributed by atoms with Crippen LogP contribution in [-0.2, 0) is 0 Å². The number of rotatable bonds is 5. The second kappa shape index (κ2) is 9.03. The van der Waals surface area contributed by atoms with E-state index in [2.05, 4.69) is 5.10 Å². The average Bonchev–Trinajstić information content (AvgIpc) is 2.72. The molecule has 3 rings (SSSR count). The van der Waals surface area contributed by atoms with Gasteiger partial charge >= 0.3 is 6.18 Å². The molecule has 1 heterocycles. The Hall–Kier alpha value is -2.98. The van der Waals surface area contributed by atoms with E-state index < -0.39 is 42.0 Å². The fourth-order valence-corrected chi connectivity index (χ4v) is 2.89. The summed E-state index contributed by atoms with van der Waals surface area (Å²) in [4.78, 5) is 25.3. The standard InChI is InChI=1S/C20H16ClF4N3O3/c21-12-6-4-11(5-7-12)16-9-15(18(30)26-10-17(29)20(23,24)25)19(31)28(27-16)14-3-1-2-13(22)8-14/h1,3-9,13,17,29H,2,10H2,(H,26,30). The van der Waals surface area contributed by atoms with Crippen LogP contribution in [0.1, 0.15) is 16.8 Å². The first-order valence-electron chi connectivity index (χ1n) is 9.02. The number of hydrogen-bond donors (Lipinski definition) is 2. The van der Waals surface area contributed by atoms with Crippen LogP contribution in [0.25, 0.3) is 17.0 Å². The molecule has 0 aliphatic heterocycles. The van der Waals surface area contributed by atoms with Crippen molar-refractivity contribution in [3.05, 3.63) is 69.5 Å². The smallest absolute Gasteiger partial charge is 0.382 e. The molecule has 1 aliphatic rings. The Balaban J connectivity index is 2.05. The minimum Gasteiger partial charge on any atom is -0.382 e. The monoisotopic (exact) mass is 457 g/mol. The van der Waals surface area contributed by atoms with Crippen LogP contribution in [0.2, 0.25) is 5.02 Å². The molecule has 1 aromatic carbocycles. The largest absolute Gasteiger partial charge is 0.416 e. The van der Waals surface area contributed by atoms with Gasteiger partial charge in [0.2, 0.25) is 0 Å². The lowest BCUT2D eigenvalue weighted by Crippen LogP contribution is -2.42. The summed E-state index contributed by atoms with van der Waals surface area (Å²) in [6.45, 7) is -1.14. The Morgan fingerprint density at radius 2 is 2.00 bits per heavy atom. The van der Waals surface area contributed by atoms with Crippen molar-refractivity contribution in [2.45, 2.75) is 24.9 Å². The topological polar surface area (TPSA) is 84.2 Å². The van der Waals surface area contributed by atoms with E-state index in [9.17, 15) is 27.2 Å². The number of carbonyl (C=O) groups is 1. The van der Waals surface area contributed by atoms with Crippen molar-refractivity contribution in [1.82, 2.24) is 15.1 Å². The molecule has 2 aromatic rings. The Morgan fingerprint density at radius 1 is 1.32 bits per heavy atom. The summed E-state index contributed by atoms with van der Waals surface area (Å²) in [5.41, 5.74) is -0.817. The number of nitrogens with one attached hydrogen (secondary N) is 1. The molecule has 0 spiro atoms. The molecule has 0 radical (unpaired) electrons. The van der Waals surface area contributed by atoms with E-state index in [1.165, 1.54) is 12.2 Å². The molecule has 0 fully saturated rings. The minimum absolute atomic E-state index is 0.0731. The molecule has 2 N–H and O–H groups in total. The highest BCUT2D eigenvalue weighted by Crippen LogP contribution is 2.22. The van der Waals surface area contributed by atoms with Gasteiger partial charge in [-0.15, -0.1) is 0 Å². The number of aromatic nitrogens is 2. The molecule has 164 valence electrons. The molecule has 1 amide bonds. The number of carbonyl (C=O) groups excluding carboxylic acids is 1. The van der Waals surface area contributed by atoms with Gasteiger partial charge < -0.3 is 10.4 Å².